The molecule has 5 rings (SSSR count). The van der Waals surface area contributed by atoms with Gasteiger partial charge in [0.05, 0.1) is 11.7 Å². The molecule has 1 saturated heterocycles. The number of fused-ring (bicyclic) bond motifs is 1. The number of hydrogen-bond donors (Lipinski definition) is 0. The van der Waals surface area contributed by atoms with E-state index in [-0.39, 0.29) is 11.9 Å². The number of rotatable bonds is 4. The second-order valence-electron chi connectivity index (χ2n) is 8.17. The van der Waals surface area contributed by atoms with Crippen LogP contribution in [0.4, 0.5) is 0 Å². The number of imidazole rings is 1. The van der Waals surface area contributed by atoms with Crippen LogP contribution in [0.25, 0.3) is 5.65 Å². The molecule has 1 amide bonds. The maximum absolute atomic E-state index is 13.4. The summed E-state index contributed by atoms with van der Waals surface area (Å²) < 4.78 is 1.84. The first-order chi connectivity index (χ1) is 15.6. The maximum atomic E-state index is 13.4. The first-order valence-electron chi connectivity index (χ1n) is 10.9. The molecule has 32 heavy (non-hydrogen) atoms. The van der Waals surface area contributed by atoms with Crippen molar-refractivity contribution >= 4 is 23.2 Å². The molecule has 0 N–H and O–H groups in total. The van der Waals surface area contributed by atoms with Gasteiger partial charge in [-0.3, -0.25) is 14.1 Å². The summed E-state index contributed by atoms with van der Waals surface area (Å²) in [6.45, 7) is 4.85. The first kappa shape index (κ1) is 20.7. The van der Waals surface area contributed by atoms with Crippen molar-refractivity contribution in [2.24, 2.45) is 0 Å². The fourth-order valence-electron chi connectivity index (χ4n) is 4.61. The molecule has 0 aliphatic carbocycles. The Kier molecular flexibility index (Phi) is 5.68. The van der Waals surface area contributed by atoms with E-state index in [1.807, 2.05) is 34.6 Å². The van der Waals surface area contributed by atoms with Crippen molar-refractivity contribution in [3.8, 4) is 0 Å². The number of halogens is 1. The van der Waals surface area contributed by atoms with Gasteiger partial charge in [0.15, 0.2) is 0 Å². The van der Waals surface area contributed by atoms with Crippen LogP contribution in [0.15, 0.2) is 79.0 Å². The molecule has 6 heteroatoms. The summed E-state index contributed by atoms with van der Waals surface area (Å²) in [5.41, 5.74) is 4.59. The lowest BCUT2D eigenvalue weighted by Crippen LogP contribution is -2.50. The third kappa shape index (κ3) is 3.90. The predicted octanol–water partition coefficient (Wildman–Crippen LogP) is 4.84. The highest BCUT2D eigenvalue weighted by atomic mass is 35.5. The number of carbonyl (C=O) groups excluding carboxylic acids is 1. The van der Waals surface area contributed by atoms with Crippen molar-refractivity contribution in [2.45, 2.75) is 13.0 Å². The Labute approximate surface area is 192 Å². The van der Waals surface area contributed by atoms with Crippen LogP contribution in [0.5, 0.6) is 0 Å². The van der Waals surface area contributed by atoms with E-state index in [1.54, 1.807) is 12.1 Å². The number of piperazine rings is 1. The smallest absolute Gasteiger partial charge is 0.272 e. The summed E-state index contributed by atoms with van der Waals surface area (Å²) in [5.74, 6) is 0.0212. The van der Waals surface area contributed by atoms with Crippen LogP contribution in [0.2, 0.25) is 5.02 Å². The quantitative estimate of drug-likeness (QED) is 0.452. The molecule has 0 unspecified atom stereocenters. The molecule has 0 bridgehead atoms. The molecule has 162 valence electrons. The third-order valence-electron chi connectivity index (χ3n) is 6.16. The van der Waals surface area contributed by atoms with Crippen LogP contribution in [0, 0.1) is 6.92 Å². The Bertz CT molecular complexity index is 1190. The molecule has 1 aliphatic rings. The Morgan fingerprint density at radius 3 is 2.09 bits per heavy atom. The lowest BCUT2D eigenvalue weighted by Gasteiger charge is -2.39. The highest BCUT2D eigenvalue weighted by Gasteiger charge is 2.30. The number of nitrogens with zero attached hydrogens (tertiary/aromatic N) is 4. The molecule has 0 radical (unpaired) electrons. The SMILES string of the molecule is Cc1nc2cc(Cl)ccn2c1C(=O)N1CCN(C(c2ccccc2)c2ccccc2)CC1. The van der Waals surface area contributed by atoms with Gasteiger partial charge in [0.25, 0.3) is 5.91 Å². The molecular formula is C26H25ClN4O. The summed E-state index contributed by atoms with van der Waals surface area (Å²) in [6, 6.07) is 24.9. The van der Waals surface area contributed by atoms with Crippen LogP contribution < -0.4 is 0 Å². The van der Waals surface area contributed by atoms with Crippen molar-refractivity contribution in [3.05, 3.63) is 107 Å². The molecule has 1 aliphatic heterocycles. The second kappa shape index (κ2) is 8.77. The van der Waals surface area contributed by atoms with Crippen molar-refractivity contribution in [3.63, 3.8) is 0 Å². The lowest BCUT2D eigenvalue weighted by atomic mass is 9.96. The molecule has 4 aromatic rings. The minimum Gasteiger partial charge on any atom is -0.335 e. The summed E-state index contributed by atoms with van der Waals surface area (Å²) in [4.78, 5) is 22.4. The van der Waals surface area contributed by atoms with E-state index in [2.05, 4.69) is 58.4 Å². The number of aromatic nitrogens is 2. The summed E-state index contributed by atoms with van der Waals surface area (Å²) in [7, 11) is 0. The number of carbonyl (C=O) groups is 1. The van der Waals surface area contributed by atoms with E-state index in [1.165, 1.54) is 11.1 Å². The van der Waals surface area contributed by atoms with E-state index >= 15 is 0 Å². The molecule has 1 fully saturated rings. The van der Waals surface area contributed by atoms with Crippen molar-refractivity contribution in [2.75, 3.05) is 26.2 Å². The van der Waals surface area contributed by atoms with Crippen molar-refractivity contribution in [1.82, 2.24) is 19.2 Å². The standard InChI is InChI=1S/C26H25ClN4O/c1-19-24(31-13-12-22(27)18-23(31)28-19)26(32)30-16-14-29(15-17-30)25(20-8-4-2-5-9-20)21-10-6-3-7-11-21/h2-13,18,25H,14-17H2,1H3. The van der Waals surface area contributed by atoms with Gasteiger partial charge in [0.1, 0.15) is 11.3 Å². The highest BCUT2D eigenvalue weighted by molar-refractivity contribution is 6.30. The van der Waals surface area contributed by atoms with Gasteiger partial charge in [-0.15, -0.1) is 0 Å². The van der Waals surface area contributed by atoms with Crippen LogP contribution in [0.3, 0.4) is 0 Å². The molecule has 2 aromatic carbocycles. The zero-order valence-corrected chi connectivity index (χ0v) is 18.7. The molecule has 0 spiro atoms. The van der Waals surface area contributed by atoms with Crippen LogP contribution >= 0.6 is 11.6 Å². The van der Waals surface area contributed by atoms with Gasteiger partial charge in [-0.1, -0.05) is 72.3 Å². The molecule has 5 nitrogen and oxygen atoms in total. The summed E-state index contributed by atoms with van der Waals surface area (Å²) in [6.07, 6.45) is 1.82. The summed E-state index contributed by atoms with van der Waals surface area (Å²) >= 11 is 6.10. The summed E-state index contributed by atoms with van der Waals surface area (Å²) in [5, 5.41) is 0.614. The second-order valence-corrected chi connectivity index (χ2v) is 8.61. The average molecular weight is 445 g/mol. The number of aryl methyl sites for hydroxylation is 1. The van der Waals surface area contributed by atoms with Gasteiger partial charge in [0.2, 0.25) is 0 Å². The fourth-order valence-corrected chi connectivity index (χ4v) is 4.77. The zero-order chi connectivity index (χ0) is 22.1. The predicted molar refractivity (Wildman–Crippen MR) is 127 cm³/mol. The van der Waals surface area contributed by atoms with Gasteiger partial charge >= 0.3 is 0 Å². The van der Waals surface area contributed by atoms with Crippen LogP contribution in [-0.4, -0.2) is 51.3 Å². The van der Waals surface area contributed by atoms with Crippen molar-refractivity contribution < 1.29 is 4.79 Å². The monoisotopic (exact) mass is 444 g/mol. The van der Waals surface area contributed by atoms with Crippen LogP contribution in [0.1, 0.15) is 33.4 Å². The fraction of sp³-hybridized carbons (Fsp3) is 0.231. The van der Waals surface area contributed by atoms with E-state index < -0.39 is 0 Å². The molecule has 0 atom stereocenters. The van der Waals surface area contributed by atoms with E-state index in [0.29, 0.717) is 29.5 Å². The zero-order valence-electron chi connectivity index (χ0n) is 18.0. The van der Waals surface area contributed by atoms with Gasteiger partial charge < -0.3 is 4.90 Å². The number of pyridine rings is 1. The minimum absolute atomic E-state index is 0.0212. The number of benzene rings is 2. The normalized spacial score (nSPS) is 14.9. The largest absolute Gasteiger partial charge is 0.335 e. The van der Waals surface area contributed by atoms with Gasteiger partial charge in [-0.25, -0.2) is 4.98 Å². The maximum Gasteiger partial charge on any atom is 0.272 e. The Morgan fingerprint density at radius 2 is 1.50 bits per heavy atom. The Hall–Kier alpha value is -3.15. The Morgan fingerprint density at radius 1 is 0.906 bits per heavy atom. The molecule has 0 saturated carbocycles. The van der Waals surface area contributed by atoms with Gasteiger partial charge in [-0.05, 0) is 24.1 Å². The first-order valence-corrected chi connectivity index (χ1v) is 11.3. The molecule has 2 aromatic heterocycles. The highest BCUT2D eigenvalue weighted by Crippen LogP contribution is 2.30. The van der Waals surface area contributed by atoms with Crippen LogP contribution in [-0.2, 0) is 0 Å². The van der Waals surface area contributed by atoms with E-state index in [0.717, 1.165) is 18.8 Å². The van der Waals surface area contributed by atoms with E-state index in [4.69, 9.17) is 11.6 Å². The minimum atomic E-state index is 0.0212. The lowest BCUT2D eigenvalue weighted by molar-refractivity contribution is 0.0590. The number of amides is 1. The Balaban J connectivity index is 1.37. The third-order valence-corrected chi connectivity index (χ3v) is 6.40. The molecule has 3 heterocycles. The van der Waals surface area contributed by atoms with Gasteiger partial charge in [-0.2, -0.15) is 0 Å². The van der Waals surface area contributed by atoms with Gasteiger partial charge in [0, 0.05) is 43.5 Å². The topological polar surface area (TPSA) is 40.9 Å². The average Bonchev–Trinajstić information content (AvgIpc) is 3.15. The van der Waals surface area contributed by atoms with Crippen molar-refractivity contribution in [1.29, 1.82) is 0 Å². The number of hydrogen-bond acceptors (Lipinski definition) is 3. The van der Waals surface area contributed by atoms with E-state index in [9.17, 15) is 4.79 Å². The molecular weight excluding hydrogens is 420 g/mol.